The summed E-state index contributed by atoms with van der Waals surface area (Å²) in [6.07, 6.45) is 1.10. The van der Waals surface area contributed by atoms with Crippen molar-refractivity contribution >= 4 is 65.0 Å². The smallest absolute Gasteiger partial charge is 0.329 e. The van der Waals surface area contributed by atoms with Gasteiger partial charge in [0.1, 0.15) is 60.4 Å². The van der Waals surface area contributed by atoms with Crippen molar-refractivity contribution in [2.45, 2.75) is 223 Å². The monoisotopic (exact) mass is 1160 g/mol. The third kappa shape index (κ3) is 20.1. The minimum absolute atomic E-state index is 0.00689. The quantitative estimate of drug-likeness (QED) is 0.114. The molecule has 10 amide bonds. The van der Waals surface area contributed by atoms with Gasteiger partial charge in [0.25, 0.3) is 5.91 Å². The number of hydrogen-bond donors (Lipinski definition) is 6. The molecular formula is C59H104N10O13. The molecule has 468 valence electrons. The van der Waals surface area contributed by atoms with Gasteiger partial charge >= 0.3 is 5.97 Å². The fraction of sp³-hybridized carbons (Fsp3) is 0.780. The van der Waals surface area contributed by atoms with E-state index >= 15 is 0 Å². The summed E-state index contributed by atoms with van der Waals surface area (Å²) in [5.41, 5.74) is 0. The number of allylic oxidation sites excluding steroid dienone is 2. The van der Waals surface area contributed by atoms with Crippen molar-refractivity contribution in [1.82, 2.24) is 51.1 Å². The molecule has 0 spiro atoms. The number of likely N-dealkylation sites (N-methyl/N-ethyl adjacent to an activating group) is 5. The van der Waals surface area contributed by atoms with E-state index in [1.807, 2.05) is 27.7 Å². The highest BCUT2D eigenvalue weighted by Crippen LogP contribution is 2.22. The van der Waals surface area contributed by atoms with Crippen molar-refractivity contribution in [3.05, 3.63) is 12.2 Å². The number of nitrogens with zero attached hydrogens (tertiary/aromatic N) is 5. The van der Waals surface area contributed by atoms with Gasteiger partial charge in [-0.1, -0.05) is 109 Å². The van der Waals surface area contributed by atoms with Crippen molar-refractivity contribution in [3.63, 3.8) is 0 Å². The zero-order chi connectivity index (χ0) is 63.7. The molecule has 0 bridgehead atoms. The summed E-state index contributed by atoms with van der Waals surface area (Å²) in [5.74, 6) is -11.6. The summed E-state index contributed by atoms with van der Waals surface area (Å²) in [7, 11) is 6.90. The highest BCUT2D eigenvalue weighted by atomic mass is 16.6. The Morgan fingerprint density at radius 1 is 0.488 bits per heavy atom. The van der Waals surface area contributed by atoms with Crippen molar-refractivity contribution < 1.29 is 62.6 Å². The second-order valence-electron chi connectivity index (χ2n) is 24.6. The molecule has 0 aliphatic carbocycles. The molecule has 1 rings (SSSR count). The molecule has 23 nitrogen and oxygen atoms in total. The molecule has 6 N–H and O–H groups in total. The summed E-state index contributed by atoms with van der Waals surface area (Å²) in [4.78, 5) is 164. The van der Waals surface area contributed by atoms with Gasteiger partial charge < -0.3 is 60.9 Å². The molecule has 23 heteroatoms. The van der Waals surface area contributed by atoms with Gasteiger partial charge in [-0.15, -0.1) is 0 Å². The lowest BCUT2D eigenvalue weighted by Crippen LogP contribution is -2.63. The minimum atomic E-state index is -1.67. The molecule has 1 heterocycles. The number of hydrogen-bond acceptors (Lipinski definition) is 13. The Morgan fingerprint density at radius 2 is 0.951 bits per heavy atom. The van der Waals surface area contributed by atoms with Crippen LogP contribution in [-0.2, 0) is 57.5 Å². The fourth-order valence-electron chi connectivity index (χ4n) is 9.86. The number of aliphatic hydroxyl groups is 1. The number of rotatable bonds is 13. The van der Waals surface area contributed by atoms with Crippen LogP contribution in [0.25, 0.3) is 0 Å². The van der Waals surface area contributed by atoms with E-state index < -0.39 is 167 Å². The van der Waals surface area contributed by atoms with E-state index in [0.29, 0.717) is 6.42 Å². The van der Waals surface area contributed by atoms with E-state index in [-0.39, 0.29) is 31.1 Å². The SMILES string of the molecule is C/C=C/C[C@H](C)[C@H](O)[C@@H]1NC(=O)[C@H](C(C)C)N(C)C(=O)[C@H](CC(C)C)NC(=O)[C@H](CC(C)C)N(C)C(=O)[C@H](C(C)C)OC(=O)[C@H](C)NC(=O)[C@H](C)N(C)C(=O)[C@H](C(C)C)NC(=O)[C@H](C(C)C)N(C)C(=O)[C@@H](C)N(C)C(=O)[C@H](CC)NC1=O. The molecule has 1 saturated heterocycles. The van der Waals surface area contributed by atoms with Crippen LogP contribution in [0.15, 0.2) is 12.2 Å². The van der Waals surface area contributed by atoms with E-state index in [4.69, 9.17) is 4.74 Å². The number of carbonyl (C=O) groups is 11. The van der Waals surface area contributed by atoms with Crippen LogP contribution in [0.4, 0.5) is 0 Å². The first kappa shape index (κ1) is 73.9. The van der Waals surface area contributed by atoms with Crippen molar-refractivity contribution in [1.29, 1.82) is 0 Å². The van der Waals surface area contributed by atoms with Gasteiger partial charge in [0.15, 0.2) is 6.10 Å². The minimum Gasteiger partial charge on any atom is -0.450 e. The van der Waals surface area contributed by atoms with E-state index in [0.717, 1.165) is 9.80 Å². The van der Waals surface area contributed by atoms with Crippen LogP contribution < -0.4 is 26.6 Å². The van der Waals surface area contributed by atoms with Crippen LogP contribution >= 0.6 is 0 Å². The van der Waals surface area contributed by atoms with E-state index in [1.165, 1.54) is 70.7 Å². The summed E-state index contributed by atoms with van der Waals surface area (Å²) in [6.45, 7) is 30.1. The molecule has 0 aromatic carbocycles. The van der Waals surface area contributed by atoms with E-state index in [9.17, 15) is 57.8 Å². The summed E-state index contributed by atoms with van der Waals surface area (Å²) in [5, 5.41) is 25.5. The molecule has 1 aliphatic heterocycles. The normalized spacial score (nSPS) is 28.1. The number of nitrogens with one attached hydrogen (secondary N) is 5. The van der Waals surface area contributed by atoms with Crippen LogP contribution in [0, 0.1) is 41.4 Å². The van der Waals surface area contributed by atoms with Crippen molar-refractivity contribution in [3.8, 4) is 0 Å². The first-order chi connectivity index (χ1) is 37.8. The maximum Gasteiger partial charge on any atom is 0.329 e. The lowest BCUT2D eigenvalue weighted by atomic mass is 9.92. The maximum absolute atomic E-state index is 14.8. The topological polar surface area (TPSA) is 294 Å². The molecule has 1 aliphatic rings. The number of aliphatic hydroxyl groups excluding tert-OH is 1. The van der Waals surface area contributed by atoms with Gasteiger partial charge in [0.05, 0.1) is 6.10 Å². The van der Waals surface area contributed by atoms with Crippen LogP contribution in [0.1, 0.15) is 150 Å². The lowest BCUT2D eigenvalue weighted by Gasteiger charge is -2.37. The highest BCUT2D eigenvalue weighted by molar-refractivity contribution is 5.99. The van der Waals surface area contributed by atoms with Gasteiger partial charge in [0.2, 0.25) is 53.2 Å². The van der Waals surface area contributed by atoms with Crippen LogP contribution in [0.5, 0.6) is 0 Å². The first-order valence-corrected chi connectivity index (χ1v) is 29.2. The molecular weight excluding hydrogens is 1060 g/mol. The second kappa shape index (κ2) is 33.2. The Bertz CT molecular complexity index is 2250. The average molecular weight is 1160 g/mol. The Labute approximate surface area is 488 Å². The second-order valence-corrected chi connectivity index (χ2v) is 24.6. The lowest BCUT2D eigenvalue weighted by molar-refractivity contribution is -0.166. The first-order valence-electron chi connectivity index (χ1n) is 29.2. The van der Waals surface area contributed by atoms with Crippen LogP contribution in [0.2, 0.25) is 0 Å². The van der Waals surface area contributed by atoms with Gasteiger partial charge in [-0.05, 0) is 94.8 Å². The fourth-order valence-corrected chi connectivity index (χ4v) is 9.86. The van der Waals surface area contributed by atoms with Crippen molar-refractivity contribution in [2.75, 3.05) is 35.2 Å². The Kier molecular flexibility index (Phi) is 29.9. The number of cyclic esters (lactones) is 1. The molecule has 13 atom stereocenters. The number of esters is 1. The zero-order valence-corrected chi connectivity index (χ0v) is 53.5. The largest absolute Gasteiger partial charge is 0.450 e. The van der Waals surface area contributed by atoms with Gasteiger partial charge in [-0.2, -0.15) is 0 Å². The average Bonchev–Trinajstić information content (AvgIpc) is 3.46. The standard InChI is InChI=1S/C59H104N10O13/c1-24-26-27-36(15)47(70)44-51(73)61-40(25-2)55(77)66(20)39(18)54(76)68(22)45(33(9)10)52(74)63-43(32(7)8)57(79)65(19)38(17)49(71)60-37(16)59(81)82-48(35(13)14)58(80)67(21)42(29-31(5)6)50(72)62-41(28-30(3)4)56(78)69(23)46(34(11)12)53(75)64-44/h24,26,30-48,70H,25,27-29H2,1-23H3,(H,60,71)(H,61,73)(H,62,72)(H,63,74)(H,64,75)/b26-24+/t36-,37-,38-,39+,40-,41-,42-,43-,44-,45-,46-,47-,48-/m0/s1. The predicted octanol–water partition coefficient (Wildman–Crippen LogP) is 2.62. The Hall–Kier alpha value is -6.13. The summed E-state index contributed by atoms with van der Waals surface area (Å²) in [6, 6.07) is -12.8. The summed E-state index contributed by atoms with van der Waals surface area (Å²) < 4.78 is 5.79. The highest BCUT2D eigenvalue weighted by Gasteiger charge is 2.44. The number of ether oxygens (including phenoxy) is 1. The molecule has 0 aromatic heterocycles. The van der Waals surface area contributed by atoms with E-state index in [2.05, 4.69) is 26.6 Å². The van der Waals surface area contributed by atoms with Crippen molar-refractivity contribution in [2.24, 2.45) is 41.4 Å². The molecule has 1 fully saturated rings. The molecule has 0 radical (unpaired) electrons. The maximum atomic E-state index is 14.8. The Balaban J connectivity index is 4.23. The van der Waals surface area contributed by atoms with E-state index in [1.54, 1.807) is 88.3 Å². The van der Waals surface area contributed by atoms with Crippen LogP contribution in [0.3, 0.4) is 0 Å². The third-order valence-corrected chi connectivity index (χ3v) is 15.4. The third-order valence-electron chi connectivity index (χ3n) is 15.4. The zero-order valence-electron chi connectivity index (χ0n) is 53.5. The number of carbonyl (C=O) groups excluding carboxylic acids is 11. The molecule has 0 saturated carbocycles. The van der Waals surface area contributed by atoms with Gasteiger partial charge in [0, 0.05) is 35.2 Å². The number of amides is 10. The Morgan fingerprint density at radius 3 is 1.40 bits per heavy atom. The molecule has 82 heavy (non-hydrogen) atoms. The molecule has 0 aromatic rings. The van der Waals surface area contributed by atoms with Gasteiger partial charge in [-0.3, -0.25) is 47.9 Å². The summed E-state index contributed by atoms with van der Waals surface area (Å²) >= 11 is 0. The van der Waals surface area contributed by atoms with Crippen LogP contribution in [-0.4, -0.2) is 203 Å². The van der Waals surface area contributed by atoms with Gasteiger partial charge in [-0.25, -0.2) is 4.79 Å². The molecule has 0 unspecified atom stereocenters. The predicted molar refractivity (Wildman–Crippen MR) is 313 cm³/mol.